The van der Waals surface area contributed by atoms with Crippen LogP contribution in [0.3, 0.4) is 0 Å². The second kappa shape index (κ2) is 12.9. The maximum absolute atomic E-state index is 6.70. The Morgan fingerprint density at radius 1 is 0.364 bits per heavy atom. The molecular weight excluding hydrogens is 687 g/mol. The molecule has 0 spiro atoms. The number of rotatable bonds is 6. The van der Waals surface area contributed by atoms with Crippen molar-refractivity contribution < 1.29 is 4.42 Å². The fraction of sp³-hybridized carbons (Fsp3) is 0. The molecule has 0 saturated carbocycles. The molecular formula is C52H33NOS. The van der Waals surface area contributed by atoms with Crippen LogP contribution in [0.25, 0.3) is 86.3 Å². The van der Waals surface area contributed by atoms with Gasteiger partial charge in [0.25, 0.3) is 0 Å². The van der Waals surface area contributed by atoms with Crippen LogP contribution in [-0.2, 0) is 0 Å². The number of hydrogen-bond acceptors (Lipinski definition) is 3. The van der Waals surface area contributed by atoms with Crippen LogP contribution in [-0.4, -0.2) is 0 Å². The highest BCUT2D eigenvalue weighted by molar-refractivity contribution is 7.25. The minimum Gasteiger partial charge on any atom is -0.454 e. The molecule has 55 heavy (non-hydrogen) atoms. The van der Waals surface area contributed by atoms with Gasteiger partial charge in [-0.15, -0.1) is 11.3 Å². The zero-order valence-electron chi connectivity index (χ0n) is 29.8. The first-order valence-electron chi connectivity index (χ1n) is 18.7. The van der Waals surface area contributed by atoms with Crippen LogP contribution in [0.15, 0.2) is 205 Å². The Balaban J connectivity index is 1.07. The monoisotopic (exact) mass is 719 g/mol. The van der Waals surface area contributed by atoms with Crippen molar-refractivity contribution >= 4 is 81.3 Å². The van der Waals surface area contributed by atoms with Crippen molar-refractivity contribution in [1.29, 1.82) is 0 Å². The molecule has 0 bridgehead atoms. The average Bonchev–Trinajstić information content (AvgIpc) is 3.83. The van der Waals surface area contributed by atoms with E-state index in [9.17, 15) is 0 Å². The minimum absolute atomic E-state index is 0.866. The van der Waals surface area contributed by atoms with Gasteiger partial charge in [0.15, 0.2) is 5.58 Å². The van der Waals surface area contributed by atoms with Crippen LogP contribution in [0.5, 0.6) is 0 Å². The molecule has 2 aromatic heterocycles. The summed E-state index contributed by atoms with van der Waals surface area (Å²) in [5.41, 5.74) is 12.1. The topological polar surface area (TPSA) is 16.4 Å². The van der Waals surface area contributed by atoms with Crippen molar-refractivity contribution in [2.45, 2.75) is 0 Å². The van der Waals surface area contributed by atoms with Crippen molar-refractivity contribution in [2.75, 3.05) is 4.90 Å². The number of hydrogen-bond donors (Lipinski definition) is 0. The summed E-state index contributed by atoms with van der Waals surface area (Å²) in [6.07, 6.45) is 0. The smallest absolute Gasteiger partial charge is 0.159 e. The third-order valence-corrected chi connectivity index (χ3v) is 12.0. The van der Waals surface area contributed by atoms with E-state index in [1.165, 1.54) is 53.2 Å². The summed E-state index contributed by atoms with van der Waals surface area (Å²) < 4.78 is 9.28. The molecule has 0 atom stereocenters. The second-order valence-electron chi connectivity index (χ2n) is 14.0. The summed E-state index contributed by atoms with van der Waals surface area (Å²) >= 11 is 1.85. The lowest BCUT2D eigenvalue weighted by atomic mass is 9.96. The summed E-state index contributed by atoms with van der Waals surface area (Å²) in [4.78, 5) is 2.38. The van der Waals surface area contributed by atoms with Gasteiger partial charge in [-0.2, -0.15) is 0 Å². The van der Waals surface area contributed by atoms with Crippen molar-refractivity contribution in [3.05, 3.63) is 200 Å². The number of nitrogens with zero attached hydrogens (tertiary/aromatic N) is 1. The van der Waals surface area contributed by atoms with Crippen molar-refractivity contribution in [3.8, 4) is 33.4 Å². The van der Waals surface area contributed by atoms with E-state index in [-0.39, 0.29) is 0 Å². The van der Waals surface area contributed by atoms with Gasteiger partial charge in [0.05, 0.1) is 11.4 Å². The predicted molar refractivity (Wildman–Crippen MR) is 235 cm³/mol. The van der Waals surface area contributed by atoms with E-state index >= 15 is 0 Å². The molecule has 3 heteroatoms. The Bertz CT molecular complexity index is 3200. The molecule has 258 valence electrons. The van der Waals surface area contributed by atoms with Crippen molar-refractivity contribution in [2.24, 2.45) is 0 Å². The molecule has 11 aromatic rings. The number of anilines is 3. The van der Waals surface area contributed by atoms with E-state index in [1.807, 2.05) is 17.4 Å². The highest BCUT2D eigenvalue weighted by Crippen LogP contribution is 2.48. The quantitative estimate of drug-likeness (QED) is 0.170. The van der Waals surface area contributed by atoms with E-state index in [2.05, 4.69) is 199 Å². The number of furan rings is 1. The maximum atomic E-state index is 6.70. The van der Waals surface area contributed by atoms with Gasteiger partial charge >= 0.3 is 0 Å². The summed E-state index contributed by atoms with van der Waals surface area (Å²) in [5.74, 6) is 0. The normalized spacial score (nSPS) is 11.6. The second-order valence-corrected chi connectivity index (χ2v) is 15.1. The van der Waals surface area contributed by atoms with Crippen LogP contribution in [0.1, 0.15) is 0 Å². The predicted octanol–water partition coefficient (Wildman–Crippen LogP) is 15.6. The lowest BCUT2D eigenvalue weighted by molar-refractivity contribution is 0.669. The fourth-order valence-corrected chi connectivity index (χ4v) is 9.47. The average molecular weight is 720 g/mol. The molecule has 0 aliphatic heterocycles. The summed E-state index contributed by atoms with van der Waals surface area (Å²) in [7, 11) is 0. The Hall–Kier alpha value is -6.94. The Kier molecular flexibility index (Phi) is 7.39. The van der Waals surface area contributed by atoms with Gasteiger partial charge in [0.2, 0.25) is 0 Å². The van der Waals surface area contributed by atoms with E-state index in [4.69, 9.17) is 4.42 Å². The Morgan fingerprint density at radius 2 is 0.927 bits per heavy atom. The molecule has 0 aliphatic carbocycles. The molecule has 0 amide bonds. The molecule has 0 fully saturated rings. The Labute approximate surface area is 322 Å². The Morgan fingerprint density at radius 3 is 1.80 bits per heavy atom. The molecule has 0 saturated heterocycles. The third-order valence-electron chi connectivity index (χ3n) is 10.9. The van der Waals surface area contributed by atoms with Gasteiger partial charge in [-0.1, -0.05) is 158 Å². The van der Waals surface area contributed by atoms with Gasteiger partial charge in [0.1, 0.15) is 5.58 Å². The standard InChI is InChI=1S/C52H33NOS/c1-2-14-39-36(12-1)13-9-18-40(39)37-28-26-34(27-29-37)35-30-32-38(33-31-35)53(47-22-10-20-44-42-16-4-7-23-48(42)54-52(44)47)46-21-6-3-15-41(46)43-19-11-25-50-51(43)45-17-5-8-24-49(45)55-50/h1-33H. The zero-order valence-corrected chi connectivity index (χ0v) is 30.6. The molecule has 0 unspecified atom stereocenters. The van der Waals surface area contributed by atoms with Crippen LogP contribution in [0.4, 0.5) is 17.1 Å². The number of thiophene rings is 1. The number of fused-ring (bicyclic) bond motifs is 7. The molecule has 2 heterocycles. The highest BCUT2D eigenvalue weighted by atomic mass is 32.1. The molecule has 11 rings (SSSR count). The van der Waals surface area contributed by atoms with Crippen LogP contribution in [0, 0.1) is 0 Å². The lowest BCUT2D eigenvalue weighted by Crippen LogP contribution is -2.11. The first-order valence-corrected chi connectivity index (χ1v) is 19.5. The van der Waals surface area contributed by atoms with Crippen LogP contribution < -0.4 is 4.90 Å². The highest BCUT2D eigenvalue weighted by Gasteiger charge is 2.23. The zero-order chi connectivity index (χ0) is 36.3. The first-order chi connectivity index (χ1) is 27.3. The van der Waals surface area contributed by atoms with Gasteiger partial charge in [-0.3, -0.25) is 0 Å². The van der Waals surface area contributed by atoms with E-state index in [0.717, 1.165) is 50.1 Å². The summed E-state index contributed by atoms with van der Waals surface area (Å²) in [5, 5.41) is 7.32. The summed E-state index contributed by atoms with van der Waals surface area (Å²) in [6.45, 7) is 0. The van der Waals surface area contributed by atoms with Crippen LogP contribution in [0.2, 0.25) is 0 Å². The van der Waals surface area contributed by atoms with E-state index in [0.29, 0.717) is 0 Å². The summed E-state index contributed by atoms with van der Waals surface area (Å²) in [6, 6.07) is 72.1. The van der Waals surface area contributed by atoms with Gasteiger partial charge < -0.3 is 9.32 Å². The largest absolute Gasteiger partial charge is 0.454 e. The van der Waals surface area contributed by atoms with Crippen molar-refractivity contribution in [1.82, 2.24) is 0 Å². The van der Waals surface area contributed by atoms with Crippen LogP contribution >= 0.6 is 11.3 Å². The molecule has 0 aliphatic rings. The van der Waals surface area contributed by atoms with Crippen molar-refractivity contribution in [3.63, 3.8) is 0 Å². The lowest BCUT2D eigenvalue weighted by Gasteiger charge is -2.28. The molecule has 0 radical (unpaired) electrons. The van der Waals surface area contributed by atoms with E-state index in [1.54, 1.807) is 0 Å². The third kappa shape index (κ3) is 5.24. The van der Waals surface area contributed by atoms with Gasteiger partial charge in [-0.05, 0) is 81.1 Å². The number of benzene rings is 9. The van der Waals surface area contributed by atoms with E-state index < -0.39 is 0 Å². The minimum atomic E-state index is 0.866. The fourth-order valence-electron chi connectivity index (χ4n) is 8.33. The first kappa shape index (κ1) is 31.6. The molecule has 9 aromatic carbocycles. The van der Waals surface area contributed by atoms with Gasteiger partial charge in [0, 0.05) is 42.2 Å². The SMILES string of the molecule is c1ccc(N(c2ccc(-c3ccc(-c4cccc5ccccc45)cc3)cc2)c2cccc3c2oc2ccccc23)c(-c2cccc3sc4ccccc4c23)c1. The molecule has 2 nitrogen and oxygen atoms in total. The maximum Gasteiger partial charge on any atom is 0.159 e. The number of para-hydroxylation sites is 3. The van der Waals surface area contributed by atoms with Gasteiger partial charge in [-0.25, -0.2) is 0 Å². The molecule has 0 N–H and O–H groups in total.